The van der Waals surface area contributed by atoms with Crippen LogP contribution >= 0.6 is 0 Å². The molecule has 8 nitrogen and oxygen atoms in total. The van der Waals surface area contributed by atoms with Crippen LogP contribution in [0.25, 0.3) is 0 Å². The largest absolute Gasteiger partial charge is 0.456 e. The van der Waals surface area contributed by atoms with Crippen LogP contribution in [0.2, 0.25) is 0 Å². The summed E-state index contributed by atoms with van der Waals surface area (Å²) in [5, 5.41) is 2.84. The molecule has 0 saturated carbocycles. The second kappa shape index (κ2) is 9.82. The SMILES string of the molecule is CN(C)C1CCN(c2ccc(NC(=O)c3ccc(Oc4ccncc4)c(S(C)(=O)=O)c3)cc2)C1. The lowest BCUT2D eigenvalue weighted by Gasteiger charge is -2.22. The fourth-order valence-corrected chi connectivity index (χ4v) is 4.73. The van der Waals surface area contributed by atoms with Crippen LogP contribution in [-0.4, -0.2) is 63.7 Å². The molecular weight excluding hydrogens is 452 g/mol. The molecule has 2 heterocycles. The number of rotatable bonds is 7. The third-order valence-electron chi connectivity index (χ3n) is 5.87. The number of anilines is 2. The Morgan fingerprint density at radius 3 is 2.41 bits per heavy atom. The zero-order chi connectivity index (χ0) is 24.3. The molecule has 2 aromatic carbocycles. The van der Waals surface area contributed by atoms with Crippen LogP contribution in [0.15, 0.2) is 71.9 Å². The molecule has 3 aromatic rings. The van der Waals surface area contributed by atoms with Crippen LogP contribution in [0.1, 0.15) is 16.8 Å². The number of hydrogen-bond acceptors (Lipinski definition) is 7. The van der Waals surface area contributed by atoms with E-state index >= 15 is 0 Å². The van der Waals surface area contributed by atoms with Crippen molar-refractivity contribution in [2.24, 2.45) is 0 Å². The van der Waals surface area contributed by atoms with Gasteiger partial charge in [-0.15, -0.1) is 0 Å². The molecule has 0 aliphatic carbocycles. The second-order valence-corrected chi connectivity index (χ2v) is 10.6. The van der Waals surface area contributed by atoms with Gasteiger partial charge in [0.1, 0.15) is 16.4 Å². The first-order valence-corrected chi connectivity index (χ1v) is 12.8. The summed E-state index contributed by atoms with van der Waals surface area (Å²) in [5.41, 5.74) is 1.97. The van der Waals surface area contributed by atoms with Crippen molar-refractivity contribution in [3.63, 3.8) is 0 Å². The average molecular weight is 481 g/mol. The topological polar surface area (TPSA) is 91.8 Å². The highest BCUT2D eigenvalue weighted by Gasteiger charge is 2.24. The first-order chi connectivity index (χ1) is 16.2. The number of ether oxygens (including phenoxy) is 1. The minimum Gasteiger partial charge on any atom is -0.456 e. The van der Waals surface area contributed by atoms with E-state index in [9.17, 15) is 13.2 Å². The predicted molar refractivity (Wildman–Crippen MR) is 133 cm³/mol. The van der Waals surface area contributed by atoms with Crippen molar-refractivity contribution in [1.29, 1.82) is 0 Å². The molecule has 1 N–H and O–H groups in total. The number of amides is 1. The summed E-state index contributed by atoms with van der Waals surface area (Å²) in [6.07, 6.45) is 5.30. The molecule has 1 aliphatic rings. The summed E-state index contributed by atoms with van der Waals surface area (Å²) < 4.78 is 30.5. The van der Waals surface area contributed by atoms with Crippen molar-refractivity contribution in [1.82, 2.24) is 9.88 Å². The van der Waals surface area contributed by atoms with Gasteiger partial charge in [-0.3, -0.25) is 9.78 Å². The standard InChI is InChI=1S/C25H28N4O4S/c1-28(2)21-12-15-29(17-21)20-7-5-19(6-8-20)27-25(30)18-4-9-23(24(16-18)34(3,31)32)33-22-10-13-26-14-11-22/h4-11,13-14,16,21H,12,15,17H2,1-3H3,(H,27,30). The van der Waals surface area contributed by atoms with Gasteiger partial charge in [0.15, 0.2) is 9.84 Å². The van der Waals surface area contributed by atoms with Crippen LogP contribution < -0.4 is 15.0 Å². The molecule has 1 unspecified atom stereocenters. The Morgan fingerprint density at radius 1 is 1.09 bits per heavy atom. The number of pyridine rings is 1. The molecule has 1 atom stereocenters. The minimum absolute atomic E-state index is 0.0585. The quantitative estimate of drug-likeness (QED) is 0.552. The third kappa shape index (κ3) is 5.55. The van der Waals surface area contributed by atoms with Crippen molar-refractivity contribution in [3.05, 3.63) is 72.6 Å². The van der Waals surface area contributed by atoms with Gasteiger partial charge in [0.25, 0.3) is 5.91 Å². The molecule has 1 saturated heterocycles. The van der Waals surface area contributed by atoms with E-state index in [1.165, 1.54) is 12.1 Å². The van der Waals surface area contributed by atoms with Gasteiger partial charge in [-0.25, -0.2) is 8.42 Å². The first kappa shape index (κ1) is 23.7. The number of hydrogen-bond donors (Lipinski definition) is 1. The van der Waals surface area contributed by atoms with Gasteiger partial charge < -0.3 is 19.9 Å². The van der Waals surface area contributed by atoms with Gasteiger partial charge in [0, 0.05) is 54.7 Å². The smallest absolute Gasteiger partial charge is 0.255 e. The van der Waals surface area contributed by atoms with E-state index in [0.29, 0.717) is 17.5 Å². The number of nitrogens with zero attached hydrogens (tertiary/aromatic N) is 3. The van der Waals surface area contributed by atoms with E-state index in [1.54, 1.807) is 30.6 Å². The Morgan fingerprint density at radius 2 is 1.79 bits per heavy atom. The number of nitrogens with one attached hydrogen (secondary N) is 1. The Kier molecular flexibility index (Phi) is 6.85. The summed E-state index contributed by atoms with van der Waals surface area (Å²) in [5.74, 6) is 0.199. The fourth-order valence-electron chi connectivity index (χ4n) is 3.91. The number of aromatic nitrogens is 1. The first-order valence-electron chi connectivity index (χ1n) is 11.0. The van der Waals surface area contributed by atoms with E-state index in [0.717, 1.165) is 31.5 Å². The van der Waals surface area contributed by atoms with Crippen LogP contribution in [0.4, 0.5) is 11.4 Å². The molecule has 34 heavy (non-hydrogen) atoms. The van der Waals surface area contributed by atoms with Crippen LogP contribution in [-0.2, 0) is 9.84 Å². The summed E-state index contributed by atoms with van der Waals surface area (Å²) >= 11 is 0. The number of carbonyl (C=O) groups is 1. The Hall–Kier alpha value is -3.43. The van der Waals surface area contributed by atoms with E-state index in [4.69, 9.17) is 4.74 Å². The molecule has 4 rings (SSSR count). The van der Waals surface area contributed by atoms with Gasteiger partial charge in [-0.2, -0.15) is 0 Å². The van der Waals surface area contributed by atoms with Crippen molar-refractivity contribution >= 4 is 27.1 Å². The van der Waals surface area contributed by atoms with Crippen molar-refractivity contribution in [2.45, 2.75) is 17.4 Å². The highest BCUT2D eigenvalue weighted by Crippen LogP contribution is 2.30. The van der Waals surface area contributed by atoms with Crippen LogP contribution in [0.3, 0.4) is 0 Å². The summed E-state index contributed by atoms with van der Waals surface area (Å²) in [6, 6.07) is 15.8. The molecule has 1 fully saturated rings. The van der Waals surface area contributed by atoms with Crippen molar-refractivity contribution < 1.29 is 17.9 Å². The molecule has 1 aromatic heterocycles. The van der Waals surface area contributed by atoms with Gasteiger partial charge in [0.05, 0.1) is 0 Å². The molecule has 178 valence electrons. The number of sulfone groups is 1. The maximum absolute atomic E-state index is 12.9. The molecule has 1 aliphatic heterocycles. The fraction of sp³-hybridized carbons (Fsp3) is 0.280. The lowest BCUT2D eigenvalue weighted by Crippen LogP contribution is -2.31. The monoisotopic (exact) mass is 480 g/mol. The molecule has 0 spiro atoms. The Balaban J connectivity index is 1.48. The normalized spacial score (nSPS) is 16.0. The van der Waals surface area contributed by atoms with Gasteiger partial charge in [-0.05, 0) is 75.1 Å². The van der Waals surface area contributed by atoms with Crippen molar-refractivity contribution in [3.8, 4) is 11.5 Å². The Bertz CT molecular complexity index is 1260. The van der Waals surface area contributed by atoms with E-state index < -0.39 is 15.7 Å². The van der Waals surface area contributed by atoms with Gasteiger partial charge >= 0.3 is 0 Å². The third-order valence-corrected chi connectivity index (χ3v) is 6.98. The molecule has 0 radical (unpaired) electrons. The highest BCUT2D eigenvalue weighted by molar-refractivity contribution is 7.90. The molecular formula is C25H28N4O4S. The zero-order valence-corrected chi connectivity index (χ0v) is 20.2. The Labute approximate surface area is 200 Å². The molecule has 1 amide bonds. The van der Waals surface area contributed by atoms with E-state index in [1.807, 2.05) is 24.3 Å². The highest BCUT2D eigenvalue weighted by atomic mass is 32.2. The zero-order valence-electron chi connectivity index (χ0n) is 19.4. The lowest BCUT2D eigenvalue weighted by molar-refractivity contribution is 0.102. The maximum atomic E-state index is 12.9. The molecule has 0 bridgehead atoms. The maximum Gasteiger partial charge on any atom is 0.255 e. The van der Waals surface area contributed by atoms with Crippen LogP contribution in [0.5, 0.6) is 11.5 Å². The van der Waals surface area contributed by atoms with E-state index in [-0.39, 0.29) is 16.2 Å². The predicted octanol–water partition coefficient (Wildman–Crippen LogP) is 3.67. The average Bonchev–Trinajstić information content (AvgIpc) is 3.30. The summed E-state index contributed by atoms with van der Waals surface area (Å²) in [7, 11) is 0.556. The van der Waals surface area contributed by atoms with Crippen molar-refractivity contribution in [2.75, 3.05) is 43.7 Å². The molecule has 9 heteroatoms. The van der Waals surface area contributed by atoms with E-state index in [2.05, 4.69) is 34.2 Å². The van der Waals surface area contributed by atoms with Crippen LogP contribution in [0, 0.1) is 0 Å². The van der Waals surface area contributed by atoms with Gasteiger partial charge in [-0.1, -0.05) is 0 Å². The summed E-state index contributed by atoms with van der Waals surface area (Å²) in [4.78, 5) is 21.3. The lowest BCUT2D eigenvalue weighted by atomic mass is 10.2. The summed E-state index contributed by atoms with van der Waals surface area (Å²) in [6.45, 7) is 1.97. The minimum atomic E-state index is -3.64. The number of carbonyl (C=O) groups excluding carboxylic acids is 1. The van der Waals surface area contributed by atoms with Gasteiger partial charge in [0.2, 0.25) is 0 Å². The number of benzene rings is 2. The second-order valence-electron chi connectivity index (χ2n) is 8.57. The number of likely N-dealkylation sites (N-methyl/N-ethyl adjacent to an activating group) is 1.